The van der Waals surface area contributed by atoms with Gasteiger partial charge in [-0.05, 0) is 37.5 Å². The van der Waals surface area contributed by atoms with Crippen molar-refractivity contribution in [1.29, 1.82) is 0 Å². The van der Waals surface area contributed by atoms with Crippen LogP contribution in [0.2, 0.25) is 0 Å². The molecule has 1 saturated carbocycles. The van der Waals surface area contributed by atoms with Crippen molar-refractivity contribution in [2.45, 2.75) is 59.4 Å². The molecule has 4 unspecified atom stereocenters. The molecule has 0 aromatic rings. The molecule has 4 atom stereocenters. The molecule has 0 bridgehead atoms. The maximum absolute atomic E-state index is 13.6. The zero-order valence-corrected chi connectivity index (χ0v) is 11.8. The van der Waals surface area contributed by atoms with Gasteiger partial charge in [-0.3, -0.25) is 0 Å². The zero-order chi connectivity index (χ0) is 13.7. The van der Waals surface area contributed by atoms with Gasteiger partial charge < -0.3 is 9.47 Å². The Morgan fingerprint density at radius 3 is 2.61 bits per heavy atom. The van der Waals surface area contributed by atoms with Crippen molar-refractivity contribution in [2.24, 2.45) is 17.8 Å². The Morgan fingerprint density at radius 2 is 2.06 bits per heavy atom. The molecule has 0 spiro atoms. The lowest BCUT2D eigenvalue weighted by atomic mass is 9.75. The molecule has 0 aromatic carbocycles. The molecule has 1 fully saturated rings. The van der Waals surface area contributed by atoms with Gasteiger partial charge in [0.25, 0.3) is 6.36 Å². The Labute approximate surface area is 109 Å². The fourth-order valence-corrected chi connectivity index (χ4v) is 2.69. The monoisotopic (exact) mass is 260 g/mol. The number of hydrogen-bond acceptors (Lipinski definition) is 3. The molecule has 0 radical (unpaired) electrons. The van der Waals surface area contributed by atoms with Gasteiger partial charge in [-0.15, -0.1) is 0 Å². The average molecular weight is 260 g/mol. The maximum atomic E-state index is 13.6. The van der Waals surface area contributed by atoms with Crippen LogP contribution in [0, 0.1) is 17.8 Å². The van der Waals surface area contributed by atoms with Gasteiger partial charge in [-0.2, -0.15) is 0 Å². The number of alkyl halides is 1. The standard InChI is InChI=1S/C14H25FO3/c1-5-17-14(16)13(15)18-12-8-10(4)6-7-11(12)9(2)3/h9-13H,5-8H2,1-4H3. The summed E-state index contributed by atoms with van der Waals surface area (Å²) in [5.41, 5.74) is 0. The molecular weight excluding hydrogens is 235 g/mol. The van der Waals surface area contributed by atoms with E-state index in [0.29, 0.717) is 17.8 Å². The predicted molar refractivity (Wildman–Crippen MR) is 67.7 cm³/mol. The molecule has 18 heavy (non-hydrogen) atoms. The van der Waals surface area contributed by atoms with Crippen molar-refractivity contribution in [3.8, 4) is 0 Å². The number of carbonyl (C=O) groups is 1. The van der Waals surface area contributed by atoms with Crippen LogP contribution in [0.3, 0.4) is 0 Å². The summed E-state index contributed by atoms with van der Waals surface area (Å²) >= 11 is 0. The van der Waals surface area contributed by atoms with Gasteiger partial charge in [0.15, 0.2) is 0 Å². The second-order valence-electron chi connectivity index (χ2n) is 5.57. The van der Waals surface area contributed by atoms with Crippen LogP contribution in [0.1, 0.15) is 47.0 Å². The Morgan fingerprint density at radius 1 is 1.39 bits per heavy atom. The summed E-state index contributed by atoms with van der Waals surface area (Å²) in [6, 6.07) is 0. The molecule has 0 aromatic heterocycles. The summed E-state index contributed by atoms with van der Waals surface area (Å²) in [4.78, 5) is 11.3. The summed E-state index contributed by atoms with van der Waals surface area (Å²) in [6.45, 7) is 8.22. The molecule has 3 nitrogen and oxygen atoms in total. The zero-order valence-electron chi connectivity index (χ0n) is 11.8. The second kappa shape index (κ2) is 7.07. The van der Waals surface area contributed by atoms with Crippen molar-refractivity contribution in [3.63, 3.8) is 0 Å². The fraction of sp³-hybridized carbons (Fsp3) is 0.929. The van der Waals surface area contributed by atoms with Crippen LogP contribution in [0.4, 0.5) is 4.39 Å². The van der Waals surface area contributed by atoms with E-state index < -0.39 is 12.3 Å². The number of esters is 1. The minimum atomic E-state index is -1.94. The average Bonchev–Trinajstić information content (AvgIpc) is 2.28. The molecule has 0 heterocycles. The Kier molecular flexibility index (Phi) is 6.06. The molecular formula is C14H25FO3. The third kappa shape index (κ3) is 4.23. The molecule has 0 N–H and O–H groups in total. The normalized spacial score (nSPS) is 30.2. The lowest BCUT2D eigenvalue weighted by molar-refractivity contribution is -0.185. The van der Waals surface area contributed by atoms with Gasteiger partial charge in [0.1, 0.15) is 0 Å². The van der Waals surface area contributed by atoms with E-state index in [-0.39, 0.29) is 12.7 Å². The molecule has 4 heteroatoms. The van der Waals surface area contributed by atoms with E-state index in [1.54, 1.807) is 6.92 Å². The topological polar surface area (TPSA) is 35.5 Å². The van der Waals surface area contributed by atoms with Crippen LogP contribution >= 0.6 is 0 Å². The van der Waals surface area contributed by atoms with E-state index in [1.165, 1.54) is 0 Å². The SMILES string of the molecule is CCOC(=O)C(F)OC1CC(C)CCC1C(C)C. The second-order valence-corrected chi connectivity index (χ2v) is 5.57. The van der Waals surface area contributed by atoms with Crippen molar-refractivity contribution < 1.29 is 18.7 Å². The van der Waals surface area contributed by atoms with Gasteiger partial charge in [0.2, 0.25) is 0 Å². The molecule has 1 aliphatic carbocycles. The summed E-state index contributed by atoms with van der Waals surface area (Å²) in [7, 11) is 0. The van der Waals surface area contributed by atoms with Gasteiger partial charge >= 0.3 is 5.97 Å². The molecule has 1 rings (SSSR count). The third-order valence-electron chi connectivity index (χ3n) is 3.73. The van der Waals surface area contributed by atoms with Gasteiger partial charge in [0, 0.05) is 0 Å². The highest BCUT2D eigenvalue weighted by atomic mass is 19.1. The van der Waals surface area contributed by atoms with Crippen LogP contribution in [0.25, 0.3) is 0 Å². The Bertz CT molecular complexity index is 268. The van der Waals surface area contributed by atoms with Crippen LogP contribution in [-0.4, -0.2) is 25.0 Å². The van der Waals surface area contributed by atoms with Gasteiger partial charge in [0.05, 0.1) is 12.7 Å². The van der Waals surface area contributed by atoms with E-state index in [0.717, 1.165) is 19.3 Å². The highest BCUT2D eigenvalue weighted by Gasteiger charge is 2.35. The Balaban J connectivity index is 2.57. The van der Waals surface area contributed by atoms with E-state index in [4.69, 9.17) is 4.74 Å². The first-order valence-corrected chi connectivity index (χ1v) is 6.91. The fourth-order valence-electron chi connectivity index (χ4n) is 2.69. The number of ether oxygens (including phenoxy) is 2. The molecule has 0 saturated heterocycles. The summed E-state index contributed by atoms with van der Waals surface area (Å²) in [5.74, 6) is 0.392. The lowest BCUT2D eigenvalue weighted by Gasteiger charge is -2.37. The first-order chi connectivity index (χ1) is 8.45. The maximum Gasteiger partial charge on any atom is 0.368 e. The lowest BCUT2D eigenvalue weighted by Crippen LogP contribution is -2.38. The van der Waals surface area contributed by atoms with E-state index in [1.807, 2.05) is 0 Å². The van der Waals surface area contributed by atoms with E-state index in [9.17, 15) is 9.18 Å². The predicted octanol–water partition coefficient (Wildman–Crippen LogP) is 3.32. The largest absolute Gasteiger partial charge is 0.462 e. The van der Waals surface area contributed by atoms with Crippen LogP contribution in [0.5, 0.6) is 0 Å². The molecule has 1 aliphatic rings. The van der Waals surface area contributed by atoms with Gasteiger partial charge in [-0.25, -0.2) is 9.18 Å². The highest BCUT2D eigenvalue weighted by Crippen LogP contribution is 2.36. The summed E-state index contributed by atoms with van der Waals surface area (Å²) < 4.78 is 23.6. The number of carbonyl (C=O) groups excluding carboxylic acids is 1. The smallest absolute Gasteiger partial charge is 0.368 e. The van der Waals surface area contributed by atoms with Crippen molar-refractivity contribution in [2.75, 3.05) is 6.61 Å². The molecule has 0 amide bonds. The Hall–Kier alpha value is -0.640. The first kappa shape index (κ1) is 15.4. The van der Waals surface area contributed by atoms with Crippen molar-refractivity contribution in [1.82, 2.24) is 0 Å². The number of halogens is 1. The van der Waals surface area contributed by atoms with Crippen molar-refractivity contribution >= 4 is 5.97 Å². The number of hydrogen-bond donors (Lipinski definition) is 0. The number of rotatable bonds is 5. The van der Waals surface area contributed by atoms with Crippen molar-refractivity contribution in [3.05, 3.63) is 0 Å². The van der Waals surface area contributed by atoms with E-state index >= 15 is 0 Å². The minimum absolute atomic E-state index is 0.173. The molecule has 106 valence electrons. The highest BCUT2D eigenvalue weighted by molar-refractivity contribution is 5.72. The first-order valence-electron chi connectivity index (χ1n) is 6.91. The van der Waals surface area contributed by atoms with Crippen LogP contribution < -0.4 is 0 Å². The summed E-state index contributed by atoms with van der Waals surface area (Å²) in [5, 5.41) is 0. The molecule has 0 aliphatic heterocycles. The van der Waals surface area contributed by atoms with Crippen LogP contribution in [0.15, 0.2) is 0 Å². The van der Waals surface area contributed by atoms with E-state index in [2.05, 4.69) is 25.5 Å². The quantitative estimate of drug-likeness (QED) is 0.711. The van der Waals surface area contributed by atoms with Gasteiger partial charge in [-0.1, -0.05) is 27.2 Å². The van der Waals surface area contributed by atoms with Crippen LogP contribution in [-0.2, 0) is 14.3 Å². The minimum Gasteiger partial charge on any atom is -0.462 e. The summed E-state index contributed by atoms with van der Waals surface area (Å²) in [6.07, 6.45) is 0.899. The third-order valence-corrected chi connectivity index (χ3v) is 3.73.